The standard InChI is InChI=1S/C10H16O4.Cl2O2S/c1-9(2)6(7(11)12)4-5-10(9,3)8(13)14;1-5(2,3)4/h6H,4-5H2,1-3H3,(H,11,12)(H,13,14);. The van der Waals surface area contributed by atoms with Crippen molar-refractivity contribution in [3.63, 3.8) is 0 Å². The molecule has 0 aromatic rings. The molecule has 19 heavy (non-hydrogen) atoms. The quantitative estimate of drug-likeness (QED) is 0.750. The van der Waals surface area contributed by atoms with E-state index < -0.39 is 37.0 Å². The minimum Gasteiger partial charge on any atom is -0.481 e. The summed E-state index contributed by atoms with van der Waals surface area (Å²) in [4.78, 5) is 22.0. The van der Waals surface area contributed by atoms with Gasteiger partial charge in [-0.3, -0.25) is 9.59 Å². The highest BCUT2D eigenvalue weighted by molar-refractivity contribution is 8.31. The van der Waals surface area contributed by atoms with Crippen LogP contribution in [-0.2, 0) is 17.9 Å². The van der Waals surface area contributed by atoms with Crippen LogP contribution in [0.1, 0.15) is 33.6 Å². The van der Waals surface area contributed by atoms with Crippen molar-refractivity contribution in [2.24, 2.45) is 16.7 Å². The molecule has 0 aliphatic heterocycles. The SMILES string of the molecule is CC1(C(=O)O)CCC(C(=O)O)C1(C)C.O=S(=O)(Cl)Cl. The van der Waals surface area contributed by atoms with Gasteiger partial charge in [0.25, 0.3) is 0 Å². The van der Waals surface area contributed by atoms with Crippen molar-refractivity contribution in [2.45, 2.75) is 33.6 Å². The summed E-state index contributed by atoms with van der Waals surface area (Å²) in [7, 11) is 4.81. The van der Waals surface area contributed by atoms with Crippen LogP contribution in [0.15, 0.2) is 0 Å². The van der Waals surface area contributed by atoms with Crippen molar-refractivity contribution in [1.29, 1.82) is 0 Å². The summed E-state index contributed by atoms with van der Waals surface area (Å²) in [5.74, 6) is -2.34. The molecule has 1 fully saturated rings. The lowest BCUT2D eigenvalue weighted by Crippen LogP contribution is -2.42. The van der Waals surface area contributed by atoms with Crippen molar-refractivity contribution in [2.75, 3.05) is 0 Å². The fourth-order valence-electron chi connectivity index (χ4n) is 2.32. The lowest BCUT2D eigenvalue weighted by molar-refractivity contribution is -0.157. The molecule has 0 saturated heterocycles. The summed E-state index contributed by atoms with van der Waals surface area (Å²) in [5.41, 5.74) is -1.61. The zero-order chi connectivity index (χ0) is 15.6. The molecule has 112 valence electrons. The first kappa shape index (κ1) is 18.5. The van der Waals surface area contributed by atoms with Crippen LogP contribution >= 0.6 is 21.4 Å². The predicted molar refractivity (Wildman–Crippen MR) is 70.5 cm³/mol. The summed E-state index contributed by atoms with van der Waals surface area (Å²) in [6.45, 7) is 5.10. The monoisotopic (exact) mass is 334 g/mol. The zero-order valence-corrected chi connectivity index (χ0v) is 13.0. The van der Waals surface area contributed by atoms with E-state index in [1.165, 1.54) is 0 Å². The Bertz CT molecular complexity index is 464. The second-order valence-corrected chi connectivity index (χ2v) is 8.84. The van der Waals surface area contributed by atoms with Gasteiger partial charge in [0.1, 0.15) is 0 Å². The van der Waals surface area contributed by atoms with Gasteiger partial charge in [0.05, 0.1) is 11.3 Å². The molecule has 0 heterocycles. The molecule has 2 unspecified atom stereocenters. The first-order valence-electron chi connectivity index (χ1n) is 5.34. The molecule has 0 amide bonds. The van der Waals surface area contributed by atoms with Crippen LogP contribution in [0, 0.1) is 16.7 Å². The average molecular weight is 335 g/mol. The van der Waals surface area contributed by atoms with Gasteiger partial charge in [0.15, 0.2) is 0 Å². The summed E-state index contributed by atoms with van der Waals surface area (Å²) in [5, 5.41) is 18.1. The Morgan fingerprint density at radius 2 is 1.53 bits per heavy atom. The van der Waals surface area contributed by atoms with E-state index in [1.807, 2.05) is 0 Å². The highest BCUT2D eigenvalue weighted by Gasteiger charge is 2.58. The number of rotatable bonds is 2. The Kier molecular flexibility index (Phi) is 5.68. The molecule has 0 bridgehead atoms. The van der Waals surface area contributed by atoms with Gasteiger partial charge < -0.3 is 10.2 Å². The van der Waals surface area contributed by atoms with Crippen molar-refractivity contribution < 1.29 is 28.2 Å². The van der Waals surface area contributed by atoms with Gasteiger partial charge in [-0.2, -0.15) is 8.42 Å². The summed E-state index contributed by atoms with van der Waals surface area (Å²) < 4.78 is 18.3. The third-order valence-electron chi connectivity index (χ3n) is 4.00. The Morgan fingerprint density at radius 3 is 1.68 bits per heavy atom. The second-order valence-electron chi connectivity index (χ2n) is 5.17. The molecule has 1 rings (SSSR count). The third kappa shape index (κ3) is 4.50. The molecular weight excluding hydrogens is 319 g/mol. The van der Waals surface area contributed by atoms with Crippen molar-refractivity contribution in [3.8, 4) is 0 Å². The number of hydrogen-bond donors (Lipinski definition) is 2. The summed E-state index contributed by atoms with van der Waals surface area (Å²) in [6.07, 6.45) is 0.886. The van der Waals surface area contributed by atoms with E-state index in [-0.39, 0.29) is 0 Å². The van der Waals surface area contributed by atoms with Crippen LogP contribution < -0.4 is 0 Å². The largest absolute Gasteiger partial charge is 0.481 e. The molecule has 2 N–H and O–H groups in total. The molecule has 6 nitrogen and oxygen atoms in total. The van der Waals surface area contributed by atoms with Gasteiger partial charge in [0.2, 0.25) is 0 Å². The minimum atomic E-state index is -3.72. The van der Waals surface area contributed by atoms with E-state index in [2.05, 4.69) is 21.4 Å². The first-order chi connectivity index (χ1) is 8.23. The average Bonchev–Trinajstić information content (AvgIpc) is 2.36. The Morgan fingerprint density at radius 1 is 1.16 bits per heavy atom. The maximum atomic E-state index is 11.1. The lowest BCUT2D eigenvalue weighted by atomic mass is 9.66. The van der Waals surface area contributed by atoms with Gasteiger partial charge in [0, 0.05) is 21.4 Å². The van der Waals surface area contributed by atoms with E-state index in [0.29, 0.717) is 12.8 Å². The number of hydrogen-bond acceptors (Lipinski definition) is 4. The normalized spacial score (nSPS) is 29.2. The third-order valence-corrected chi connectivity index (χ3v) is 4.00. The van der Waals surface area contributed by atoms with Gasteiger partial charge in [-0.15, -0.1) is 0 Å². The molecule has 9 heteroatoms. The van der Waals surface area contributed by atoms with Crippen LogP contribution in [-0.4, -0.2) is 30.6 Å². The highest BCUT2D eigenvalue weighted by Crippen LogP contribution is 2.56. The van der Waals surface area contributed by atoms with Crippen molar-refractivity contribution in [3.05, 3.63) is 0 Å². The Hall–Kier alpha value is -0.530. The molecule has 0 aromatic carbocycles. The number of carboxylic acids is 2. The van der Waals surface area contributed by atoms with Gasteiger partial charge >= 0.3 is 20.2 Å². The van der Waals surface area contributed by atoms with Gasteiger partial charge in [-0.25, -0.2) is 0 Å². The Labute approximate surface area is 120 Å². The number of carbonyl (C=O) groups is 2. The van der Waals surface area contributed by atoms with Crippen LogP contribution in [0.3, 0.4) is 0 Å². The minimum absolute atomic E-state index is 0.437. The molecule has 1 saturated carbocycles. The molecule has 0 aromatic heterocycles. The summed E-state index contributed by atoms with van der Waals surface area (Å²) in [6, 6.07) is 0. The highest BCUT2D eigenvalue weighted by atomic mass is 36.0. The van der Waals surface area contributed by atoms with E-state index >= 15 is 0 Å². The molecule has 1 aliphatic carbocycles. The predicted octanol–water partition coefficient (Wildman–Crippen LogP) is 2.31. The fraction of sp³-hybridized carbons (Fsp3) is 0.800. The number of aliphatic carboxylic acids is 2. The van der Waals surface area contributed by atoms with Crippen molar-refractivity contribution in [1.82, 2.24) is 0 Å². The van der Waals surface area contributed by atoms with E-state index in [4.69, 9.17) is 18.6 Å². The first-order valence-corrected chi connectivity index (χ1v) is 8.47. The van der Waals surface area contributed by atoms with Crippen LogP contribution in [0.5, 0.6) is 0 Å². The zero-order valence-electron chi connectivity index (χ0n) is 10.7. The van der Waals surface area contributed by atoms with Crippen molar-refractivity contribution >= 4 is 41.6 Å². The smallest absolute Gasteiger partial charge is 0.317 e. The van der Waals surface area contributed by atoms with E-state index in [0.717, 1.165) is 0 Å². The van der Waals surface area contributed by atoms with Gasteiger partial charge in [-0.1, -0.05) is 13.8 Å². The molecule has 2 atom stereocenters. The second kappa shape index (κ2) is 5.85. The van der Waals surface area contributed by atoms with Gasteiger partial charge in [-0.05, 0) is 25.2 Å². The van der Waals surface area contributed by atoms with E-state index in [9.17, 15) is 9.59 Å². The molecule has 0 radical (unpaired) electrons. The lowest BCUT2D eigenvalue weighted by Gasteiger charge is -2.36. The number of halogens is 2. The maximum Gasteiger partial charge on any atom is 0.317 e. The molecule has 0 spiro atoms. The Balaban J connectivity index is 0.000000555. The van der Waals surface area contributed by atoms with E-state index in [1.54, 1.807) is 20.8 Å². The topological polar surface area (TPSA) is 109 Å². The summed E-state index contributed by atoms with van der Waals surface area (Å²) >= 11 is 0. The van der Waals surface area contributed by atoms with Crippen LogP contribution in [0.25, 0.3) is 0 Å². The van der Waals surface area contributed by atoms with Crippen LogP contribution in [0.2, 0.25) is 0 Å². The maximum absolute atomic E-state index is 11.1. The molecular formula is C10H16Cl2O6S. The van der Waals surface area contributed by atoms with Crippen LogP contribution in [0.4, 0.5) is 0 Å². The molecule has 1 aliphatic rings. The fourth-order valence-corrected chi connectivity index (χ4v) is 2.32. The number of carboxylic acid groups (broad SMARTS) is 2.